The number of rotatable bonds is 2. The van der Waals surface area contributed by atoms with Gasteiger partial charge in [-0.1, -0.05) is 42.5 Å². The Labute approximate surface area is 126 Å². The zero-order valence-corrected chi connectivity index (χ0v) is 12.3. The minimum absolute atomic E-state index is 0.469. The van der Waals surface area contributed by atoms with Gasteiger partial charge in [0, 0.05) is 11.5 Å². The van der Waals surface area contributed by atoms with Crippen LogP contribution in [-0.2, 0) is 6.42 Å². The van der Waals surface area contributed by atoms with E-state index in [9.17, 15) is 5.26 Å². The highest BCUT2D eigenvalue weighted by atomic mass is 14.6. The number of fused-ring (bicyclic) bond motifs is 3. The van der Waals surface area contributed by atoms with E-state index in [2.05, 4.69) is 55.5 Å². The molecular formula is C20H19N. The topological polar surface area (TPSA) is 23.8 Å². The van der Waals surface area contributed by atoms with Crippen LogP contribution >= 0.6 is 0 Å². The Morgan fingerprint density at radius 1 is 1.10 bits per heavy atom. The Kier molecular flexibility index (Phi) is 2.86. The predicted octanol–water partition coefficient (Wildman–Crippen LogP) is 4.59. The normalized spacial score (nSPS) is 29.8. The van der Waals surface area contributed by atoms with Gasteiger partial charge in [0.15, 0.2) is 0 Å². The molecule has 1 nitrogen and oxygen atoms in total. The quantitative estimate of drug-likeness (QED) is 0.773. The van der Waals surface area contributed by atoms with E-state index >= 15 is 0 Å². The maximum Gasteiger partial charge on any atom is 0.0953 e. The largest absolute Gasteiger partial charge is 0.193 e. The molecule has 1 saturated carbocycles. The highest BCUT2D eigenvalue weighted by molar-refractivity contribution is 5.62. The van der Waals surface area contributed by atoms with Crippen molar-refractivity contribution in [2.45, 2.75) is 26.2 Å². The van der Waals surface area contributed by atoms with Crippen LogP contribution in [0.25, 0.3) is 0 Å². The second-order valence-electron chi connectivity index (χ2n) is 6.41. The van der Waals surface area contributed by atoms with Crippen LogP contribution in [0.5, 0.6) is 0 Å². The molecular weight excluding hydrogens is 254 g/mol. The average molecular weight is 273 g/mol. The first-order valence-corrected chi connectivity index (χ1v) is 7.87. The summed E-state index contributed by atoms with van der Waals surface area (Å²) in [5.74, 6) is 1.68. The maximum atomic E-state index is 9.58. The highest BCUT2D eigenvalue weighted by Gasteiger charge is 2.57. The summed E-state index contributed by atoms with van der Waals surface area (Å²) >= 11 is 0. The van der Waals surface area contributed by atoms with Crippen LogP contribution in [-0.4, -0.2) is 0 Å². The van der Waals surface area contributed by atoms with Gasteiger partial charge in [0.1, 0.15) is 0 Å². The Balaban J connectivity index is 1.69. The first-order chi connectivity index (χ1) is 10.3. The zero-order valence-electron chi connectivity index (χ0n) is 12.3. The molecule has 0 heterocycles. The fourth-order valence-electron chi connectivity index (χ4n) is 4.26. The van der Waals surface area contributed by atoms with Crippen LogP contribution in [0.1, 0.15) is 25.3 Å². The molecule has 21 heavy (non-hydrogen) atoms. The second-order valence-corrected chi connectivity index (χ2v) is 6.41. The monoisotopic (exact) mass is 273 g/mol. The van der Waals surface area contributed by atoms with E-state index in [-0.39, 0.29) is 0 Å². The van der Waals surface area contributed by atoms with Crippen molar-refractivity contribution in [3.63, 3.8) is 0 Å². The van der Waals surface area contributed by atoms with E-state index < -0.39 is 0 Å². The fraction of sp³-hybridized carbons (Fsp3) is 0.350. The van der Waals surface area contributed by atoms with Crippen LogP contribution in [0, 0.1) is 29.1 Å². The molecule has 0 aromatic heterocycles. The number of benzene rings is 1. The third-order valence-electron chi connectivity index (χ3n) is 5.29. The summed E-state index contributed by atoms with van der Waals surface area (Å²) in [5.41, 5.74) is 6.58. The number of nitriles is 1. The van der Waals surface area contributed by atoms with E-state index in [4.69, 9.17) is 0 Å². The lowest BCUT2D eigenvalue weighted by Gasteiger charge is -2.22. The standard InChI is InChI=1S/C20H19N/c1-13-15-9-5-6-10-16(15)19-17(20(19)18(13)12-21)11-14-7-3-2-4-8-14/h2-4,7-10,17,19-20H,5-6,11H2,1H3/t17-,19?,20?/m0/s1. The van der Waals surface area contributed by atoms with Gasteiger partial charge in [-0.25, -0.2) is 0 Å². The fourth-order valence-corrected chi connectivity index (χ4v) is 4.26. The van der Waals surface area contributed by atoms with Crippen LogP contribution in [0.2, 0.25) is 0 Å². The van der Waals surface area contributed by atoms with Crippen LogP contribution in [0.4, 0.5) is 0 Å². The molecule has 3 aliphatic rings. The second kappa shape index (κ2) is 4.74. The van der Waals surface area contributed by atoms with E-state index in [1.807, 2.05) is 0 Å². The molecule has 0 N–H and O–H groups in total. The van der Waals surface area contributed by atoms with Gasteiger partial charge in [-0.2, -0.15) is 5.26 Å². The Morgan fingerprint density at radius 3 is 2.62 bits per heavy atom. The van der Waals surface area contributed by atoms with E-state index in [1.165, 1.54) is 22.3 Å². The number of hydrogen-bond donors (Lipinski definition) is 0. The van der Waals surface area contributed by atoms with Gasteiger partial charge in [-0.3, -0.25) is 0 Å². The third-order valence-corrected chi connectivity index (χ3v) is 5.29. The highest BCUT2D eigenvalue weighted by Crippen LogP contribution is 2.62. The number of allylic oxidation sites excluding steroid dienone is 6. The molecule has 0 saturated heterocycles. The Hall–Kier alpha value is -2.07. The molecule has 1 heteroatoms. The summed E-state index contributed by atoms with van der Waals surface area (Å²) in [4.78, 5) is 0. The minimum Gasteiger partial charge on any atom is -0.193 e. The Bertz CT molecular complexity index is 712. The molecule has 1 fully saturated rings. The molecule has 0 spiro atoms. The van der Waals surface area contributed by atoms with Crippen molar-refractivity contribution >= 4 is 0 Å². The number of hydrogen-bond acceptors (Lipinski definition) is 1. The van der Waals surface area contributed by atoms with Crippen LogP contribution in [0.15, 0.2) is 64.8 Å². The van der Waals surface area contributed by atoms with Crippen molar-refractivity contribution in [3.8, 4) is 6.07 Å². The molecule has 1 aromatic carbocycles. The van der Waals surface area contributed by atoms with Gasteiger partial charge in [0.25, 0.3) is 0 Å². The minimum atomic E-state index is 0.469. The first-order valence-electron chi connectivity index (χ1n) is 7.87. The molecule has 4 rings (SSSR count). The Morgan fingerprint density at radius 2 is 1.86 bits per heavy atom. The molecule has 0 amide bonds. The summed E-state index contributed by atoms with van der Waals surface area (Å²) < 4.78 is 0. The molecule has 2 unspecified atom stereocenters. The van der Waals surface area contributed by atoms with Crippen molar-refractivity contribution in [2.24, 2.45) is 17.8 Å². The van der Waals surface area contributed by atoms with E-state index in [1.54, 1.807) is 0 Å². The molecule has 3 atom stereocenters. The predicted molar refractivity (Wildman–Crippen MR) is 84.3 cm³/mol. The molecule has 0 radical (unpaired) electrons. The van der Waals surface area contributed by atoms with Crippen molar-refractivity contribution < 1.29 is 0 Å². The lowest BCUT2D eigenvalue weighted by atomic mass is 9.81. The summed E-state index contributed by atoms with van der Waals surface area (Å²) in [6.45, 7) is 2.14. The van der Waals surface area contributed by atoms with E-state index in [0.29, 0.717) is 17.8 Å². The van der Waals surface area contributed by atoms with Crippen molar-refractivity contribution in [1.82, 2.24) is 0 Å². The lowest BCUT2D eigenvalue weighted by Crippen LogP contribution is -2.08. The molecule has 3 aliphatic carbocycles. The SMILES string of the molecule is CC1=C(C#N)C2C(C3=CCCC=C31)[C@@H]2Cc1ccccc1. The lowest BCUT2D eigenvalue weighted by molar-refractivity contribution is 0.751. The van der Waals surface area contributed by atoms with Gasteiger partial charge in [0.2, 0.25) is 0 Å². The smallest absolute Gasteiger partial charge is 0.0953 e. The zero-order chi connectivity index (χ0) is 14.4. The van der Waals surface area contributed by atoms with Gasteiger partial charge >= 0.3 is 0 Å². The summed E-state index contributed by atoms with van der Waals surface area (Å²) in [6.07, 6.45) is 8.15. The molecule has 0 aliphatic heterocycles. The summed E-state index contributed by atoms with van der Waals surface area (Å²) in [5, 5.41) is 9.58. The van der Waals surface area contributed by atoms with Gasteiger partial charge in [-0.05, 0) is 60.3 Å². The average Bonchev–Trinajstić information content (AvgIpc) is 3.23. The maximum absolute atomic E-state index is 9.58. The molecule has 0 bridgehead atoms. The van der Waals surface area contributed by atoms with Gasteiger partial charge < -0.3 is 0 Å². The van der Waals surface area contributed by atoms with E-state index in [0.717, 1.165) is 24.8 Å². The van der Waals surface area contributed by atoms with Crippen LogP contribution < -0.4 is 0 Å². The van der Waals surface area contributed by atoms with Crippen molar-refractivity contribution in [2.75, 3.05) is 0 Å². The summed E-state index contributed by atoms with van der Waals surface area (Å²) in [6, 6.07) is 13.2. The van der Waals surface area contributed by atoms with Crippen molar-refractivity contribution in [1.29, 1.82) is 5.26 Å². The van der Waals surface area contributed by atoms with Crippen molar-refractivity contribution in [3.05, 3.63) is 70.3 Å². The van der Waals surface area contributed by atoms with Gasteiger partial charge in [0.05, 0.1) is 6.07 Å². The first kappa shape index (κ1) is 12.7. The molecule has 1 aromatic rings. The number of nitrogens with zero attached hydrogens (tertiary/aromatic N) is 1. The third kappa shape index (κ3) is 1.90. The van der Waals surface area contributed by atoms with Crippen LogP contribution in [0.3, 0.4) is 0 Å². The summed E-state index contributed by atoms with van der Waals surface area (Å²) in [7, 11) is 0. The van der Waals surface area contributed by atoms with Gasteiger partial charge in [-0.15, -0.1) is 0 Å². The molecule has 104 valence electrons.